The van der Waals surface area contributed by atoms with Crippen LogP contribution in [0.1, 0.15) is 46.1 Å². The van der Waals surface area contributed by atoms with Gasteiger partial charge in [-0.3, -0.25) is 4.79 Å². The van der Waals surface area contributed by atoms with E-state index >= 15 is 0 Å². The average Bonchev–Trinajstić information content (AvgIpc) is 2.89. The van der Waals surface area contributed by atoms with Crippen LogP contribution in [0.2, 0.25) is 0 Å². The summed E-state index contributed by atoms with van der Waals surface area (Å²) in [4.78, 5) is 27.1. The molecule has 9 nitrogen and oxygen atoms in total. The van der Waals surface area contributed by atoms with Gasteiger partial charge in [0.25, 0.3) is 0 Å². The Morgan fingerprint density at radius 2 is 1.67 bits per heavy atom. The van der Waals surface area contributed by atoms with Crippen LogP contribution < -0.4 is 9.47 Å². The lowest BCUT2D eigenvalue weighted by atomic mass is 10.1. The third kappa shape index (κ3) is 10.3. The summed E-state index contributed by atoms with van der Waals surface area (Å²) < 4.78 is 47.4. The third-order valence-corrected chi connectivity index (χ3v) is 7.06. The Hall–Kier alpha value is -3.53. The number of hydrogen-bond donors (Lipinski definition) is 0. The van der Waals surface area contributed by atoms with Gasteiger partial charge in [-0.1, -0.05) is 30.3 Å². The Kier molecular flexibility index (Phi) is 11.8. The smallest absolute Gasteiger partial charge is 0.410 e. The number of carbonyl (C=O) groups excluding carboxylic acids is 2. The van der Waals surface area contributed by atoms with Gasteiger partial charge in [-0.2, -0.15) is 0 Å². The van der Waals surface area contributed by atoms with E-state index in [1.807, 2.05) is 12.1 Å². The van der Waals surface area contributed by atoms with Crippen LogP contribution in [-0.4, -0.2) is 64.4 Å². The van der Waals surface area contributed by atoms with Crippen molar-refractivity contribution in [1.29, 1.82) is 0 Å². The predicted molar refractivity (Wildman–Crippen MR) is 149 cm³/mol. The molecule has 0 saturated heterocycles. The van der Waals surface area contributed by atoms with Crippen molar-refractivity contribution in [2.24, 2.45) is 0 Å². The Bertz CT molecular complexity index is 1220. The van der Waals surface area contributed by atoms with Gasteiger partial charge in [0.05, 0.1) is 31.8 Å². The average molecular weight is 562 g/mol. The number of carbonyl (C=O) groups is 2. The Morgan fingerprint density at radius 1 is 1.00 bits per heavy atom. The molecule has 1 amide bonds. The first-order valence-electron chi connectivity index (χ1n) is 12.7. The molecule has 0 saturated carbocycles. The van der Waals surface area contributed by atoms with Gasteiger partial charge in [-0.05, 0) is 70.4 Å². The number of hydrogen-bond acceptors (Lipinski definition) is 8. The summed E-state index contributed by atoms with van der Waals surface area (Å²) in [6.07, 6.45) is 1.35. The SMILES string of the molecule is CCOC(=O)CCC(/C=C/S(=O)(=O)c1ccccc1)N(CCc1ccc(OC)c(OC)c1)C(=O)OC(C)(C)C. The quantitative estimate of drug-likeness (QED) is 0.308. The second kappa shape index (κ2) is 14.6. The highest BCUT2D eigenvalue weighted by Crippen LogP contribution is 2.28. The largest absolute Gasteiger partial charge is 0.493 e. The number of rotatable bonds is 13. The molecule has 0 aliphatic carbocycles. The minimum absolute atomic E-state index is 0.0100. The van der Waals surface area contributed by atoms with Crippen molar-refractivity contribution < 1.29 is 37.0 Å². The number of amides is 1. The van der Waals surface area contributed by atoms with Gasteiger partial charge >= 0.3 is 12.1 Å². The standard InChI is InChI=1S/C29H39NO8S/c1-7-37-27(31)16-14-23(18-20-39(33,34)24-11-9-8-10-12-24)30(28(32)38-29(2,3)4)19-17-22-13-15-25(35-5)26(21-22)36-6/h8-13,15,18,20-21,23H,7,14,16-17,19H2,1-6H3/b20-18+. The van der Waals surface area contributed by atoms with Crippen LogP contribution in [0.5, 0.6) is 11.5 Å². The van der Waals surface area contributed by atoms with Gasteiger partial charge in [0.2, 0.25) is 0 Å². The summed E-state index contributed by atoms with van der Waals surface area (Å²) in [5.41, 5.74) is 0.0794. The van der Waals surface area contributed by atoms with Gasteiger partial charge in [0.1, 0.15) is 5.60 Å². The summed E-state index contributed by atoms with van der Waals surface area (Å²) in [6, 6.07) is 12.7. The molecule has 0 aromatic heterocycles. The van der Waals surface area contributed by atoms with Crippen molar-refractivity contribution in [3.05, 3.63) is 65.6 Å². The second-order valence-electron chi connectivity index (χ2n) is 9.71. The zero-order chi connectivity index (χ0) is 29.1. The monoisotopic (exact) mass is 561 g/mol. The highest BCUT2D eigenvalue weighted by molar-refractivity contribution is 7.94. The van der Waals surface area contributed by atoms with Gasteiger partial charge in [-0.25, -0.2) is 13.2 Å². The lowest BCUT2D eigenvalue weighted by Crippen LogP contribution is -2.44. The lowest BCUT2D eigenvalue weighted by molar-refractivity contribution is -0.143. The van der Waals surface area contributed by atoms with Gasteiger partial charge in [0, 0.05) is 18.4 Å². The molecule has 0 spiro atoms. The van der Waals surface area contributed by atoms with Gasteiger partial charge in [-0.15, -0.1) is 0 Å². The summed E-state index contributed by atoms with van der Waals surface area (Å²) in [5, 5.41) is 1.08. The number of nitrogens with zero attached hydrogens (tertiary/aromatic N) is 1. The predicted octanol–water partition coefficient (Wildman–Crippen LogP) is 5.18. The summed E-state index contributed by atoms with van der Waals surface area (Å²) in [6.45, 7) is 7.37. The van der Waals surface area contributed by atoms with E-state index in [1.54, 1.807) is 59.1 Å². The van der Waals surface area contributed by atoms with Crippen LogP contribution in [0.3, 0.4) is 0 Å². The molecule has 0 aliphatic heterocycles. The number of ether oxygens (including phenoxy) is 4. The Morgan fingerprint density at radius 3 is 2.26 bits per heavy atom. The fraction of sp³-hybridized carbons (Fsp3) is 0.448. The maximum Gasteiger partial charge on any atom is 0.410 e. The summed E-state index contributed by atoms with van der Waals surface area (Å²) in [5.74, 6) is 0.684. The second-order valence-corrected chi connectivity index (χ2v) is 11.5. The molecule has 10 heteroatoms. The van der Waals surface area contributed by atoms with Crippen LogP contribution in [-0.2, 0) is 30.5 Å². The van der Waals surface area contributed by atoms with E-state index in [0.717, 1.165) is 11.0 Å². The van der Waals surface area contributed by atoms with Crippen molar-refractivity contribution in [3.8, 4) is 11.5 Å². The highest BCUT2D eigenvalue weighted by Gasteiger charge is 2.28. The number of benzene rings is 2. The van der Waals surface area contributed by atoms with Crippen LogP contribution in [0.4, 0.5) is 4.79 Å². The van der Waals surface area contributed by atoms with E-state index in [0.29, 0.717) is 17.9 Å². The van der Waals surface area contributed by atoms with Gasteiger partial charge < -0.3 is 23.8 Å². The molecule has 1 atom stereocenters. The summed E-state index contributed by atoms with van der Waals surface area (Å²) in [7, 11) is -0.701. The first-order chi connectivity index (χ1) is 18.4. The van der Waals surface area contributed by atoms with Crippen LogP contribution >= 0.6 is 0 Å². The molecule has 0 radical (unpaired) electrons. The highest BCUT2D eigenvalue weighted by atomic mass is 32.2. The molecule has 2 rings (SSSR count). The van der Waals surface area contributed by atoms with Crippen LogP contribution in [0.25, 0.3) is 0 Å². The minimum atomic E-state index is -3.79. The minimum Gasteiger partial charge on any atom is -0.493 e. The van der Waals surface area contributed by atoms with Crippen LogP contribution in [0.15, 0.2) is 64.9 Å². The molecule has 2 aromatic carbocycles. The summed E-state index contributed by atoms with van der Waals surface area (Å²) >= 11 is 0. The number of esters is 1. The molecule has 0 N–H and O–H groups in total. The van der Waals surface area contributed by atoms with E-state index < -0.39 is 33.5 Å². The molecule has 0 aliphatic rings. The lowest BCUT2D eigenvalue weighted by Gasteiger charge is -2.32. The Labute approximate surface area is 231 Å². The molecule has 0 bridgehead atoms. The third-order valence-electron chi connectivity index (χ3n) is 5.62. The van der Waals surface area contributed by atoms with Crippen LogP contribution in [0, 0.1) is 0 Å². The topological polar surface area (TPSA) is 108 Å². The first kappa shape index (κ1) is 31.7. The van der Waals surface area contributed by atoms with Crippen molar-refractivity contribution >= 4 is 21.9 Å². The molecule has 0 fully saturated rings. The molecule has 0 heterocycles. The molecule has 214 valence electrons. The van der Waals surface area contributed by atoms with Crippen molar-refractivity contribution in [3.63, 3.8) is 0 Å². The maximum absolute atomic E-state index is 13.4. The van der Waals surface area contributed by atoms with E-state index in [-0.39, 0.29) is 30.9 Å². The van der Waals surface area contributed by atoms with Crippen molar-refractivity contribution in [2.75, 3.05) is 27.4 Å². The zero-order valence-electron chi connectivity index (χ0n) is 23.5. The van der Waals surface area contributed by atoms with E-state index in [1.165, 1.54) is 30.2 Å². The fourth-order valence-corrected chi connectivity index (χ4v) is 4.82. The Balaban J connectivity index is 2.43. The number of sulfone groups is 1. The maximum atomic E-state index is 13.4. The fourth-order valence-electron chi connectivity index (χ4n) is 3.74. The van der Waals surface area contributed by atoms with Crippen molar-refractivity contribution in [1.82, 2.24) is 4.90 Å². The normalized spacial score (nSPS) is 12.6. The molecular weight excluding hydrogens is 522 g/mol. The molecular formula is C29H39NO8S. The number of methoxy groups -OCH3 is 2. The van der Waals surface area contributed by atoms with Gasteiger partial charge in [0.15, 0.2) is 21.3 Å². The molecule has 2 aromatic rings. The first-order valence-corrected chi connectivity index (χ1v) is 14.3. The van der Waals surface area contributed by atoms with Crippen molar-refractivity contribution in [2.45, 2.75) is 63.5 Å². The molecule has 39 heavy (non-hydrogen) atoms. The molecule has 1 unspecified atom stereocenters. The van der Waals surface area contributed by atoms with E-state index in [2.05, 4.69) is 0 Å². The zero-order valence-corrected chi connectivity index (χ0v) is 24.3. The van der Waals surface area contributed by atoms with E-state index in [4.69, 9.17) is 18.9 Å². The van der Waals surface area contributed by atoms with E-state index in [9.17, 15) is 18.0 Å².